The first kappa shape index (κ1) is 22.7. The van der Waals surface area contributed by atoms with Crippen LogP contribution in [0.4, 0.5) is 0 Å². The molecule has 0 atom stereocenters. The Morgan fingerprint density at radius 3 is 2.20 bits per heavy atom. The average molecular weight is 410 g/mol. The van der Waals surface area contributed by atoms with Crippen LogP contribution in [0.15, 0.2) is 30.3 Å². The highest BCUT2D eigenvalue weighted by Gasteiger charge is 2.18. The predicted molar refractivity (Wildman–Crippen MR) is 126 cm³/mol. The lowest BCUT2D eigenvalue weighted by Gasteiger charge is -2.20. The number of aromatic nitrogens is 1. The van der Waals surface area contributed by atoms with E-state index in [2.05, 4.69) is 38.1 Å². The van der Waals surface area contributed by atoms with Crippen molar-refractivity contribution in [3.8, 4) is 22.8 Å². The molecule has 0 N–H and O–H groups in total. The highest BCUT2D eigenvalue weighted by molar-refractivity contribution is 5.73. The van der Waals surface area contributed by atoms with Gasteiger partial charge in [-0.1, -0.05) is 71.3 Å². The van der Waals surface area contributed by atoms with E-state index in [-0.39, 0.29) is 0 Å². The number of nitrogens with zero attached hydrogens (tertiary/aromatic N) is 1. The third-order valence-electron chi connectivity index (χ3n) is 5.96. The van der Waals surface area contributed by atoms with E-state index in [9.17, 15) is 0 Å². The van der Waals surface area contributed by atoms with E-state index in [0.29, 0.717) is 0 Å². The third kappa shape index (κ3) is 6.75. The monoisotopic (exact) mass is 409 g/mol. The Bertz CT molecular complexity index is 771. The summed E-state index contributed by atoms with van der Waals surface area (Å²) < 4.78 is 11.9. The smallest absolute Gasteiger partial charge is 0.213 e. The minimum Gasteiger partial charge on any atom is -0.494 e. The molecule has 0 radical (unpaired) electrons. The lowest BCUT2D eigenvalue weighted by atomic mass is 9.88. The lowest BCUT2D eigenvalue weighted by molar-refractivity contribution is 0.292. The van der Waals surface area contributed by atoms with Gasteiger partial charge >= 0.3 is 0 Å². The number of unbranched alkanes of at least 4 members (excludes halogenated alkanes) is 8. The maximum Gasteiger partial charge on any atom is 0.213 e. The molecule has 3 heteroatoms. The van der Waals surface area contributed by atoms with Gasteiger partial charge in [0.05, 0.1) is 18.9 Å². The molecule has 2 aromatic rings. The van der Waals surface area contributed by atoms with Crippen LogP contribution in [0.1, 0.15) is 89.3 Å². The molecule has 0 saturated carbocycles. The average Bonchev–Trinajstić information content (AvgIpc) is 2.78. The van der Waals surface area contributed by atoms with Gasteiger partial charge in [0.1, 0.15) is 5.75 Å². The summed E-state index contributed by atoms with van der Waals surface area (Å²) in [6.07, 6.45) is 14.7. The van der Waals surface area contributed by atoms with E-state index in [0.717, 1.165) is 56.2 Å². The van der Waals surface area contributed by atoms with Crippen LogP contribution in [0.3, 0.4) is 0 Å². The van der Waals surface area contributed by atoms with Crippen molar-refractivity contribution in [3.05, 3.63) is 41.6 Å². The first-order valence-electron chi connectivity index (χ1n) is 12.2. The van der Waals surface area contributed by atoms with Gasteiger partial charge in [-0.2, -0.15) is 0 Å². The summed E-state index contributed by atoms with van der Waals surface area (Å²) in [5.74, 6) is 1.77. The number of fused-ring (bicyclic) bond motifs is 3. The minimum atomic E-state index is 0.773. The van der Waals surface area contributed by atoms with E-state index >= 15 is 0 Å². The number of pyridine rings is 1. The molecule has 3 rings (SSSR count). The molecule has 1 heterocycles. The first-order chi connectivity index (χ1) is 14.8. The van der Waals surface area contributed by atoms with Crippen molar-refractivity contribution in [2.24, 2.45) is 0 Å². The highest BCUT2D eigenvalue weighted by atomic mass is 16.5. The Labute approximate surface area is 183 Å². The SMILES string of the molecule is CCCCCCCCCOc1ccc2c(n1)CCc1cc(OCCCCC)ccc1-2. The van der Waals surface area contributed by atoms with Gasteiger partial charge in [0, 0.05) is 11.6 Å². The van der Waals surface area contributed by atoms with E-state index < -0.39 is 0 Å². The zero-order valence-electron chi connectivity index (χ0n) is 19.0. The van der Waals surface area contributed by atoms with Crippen molar-refractivity contribution >= 4 is 0 Å². The Hall–Kier alpha value is -2.03. The van der Waals surface area contributed by atoms with E-state index in [1.807, 2.05) is 6.07 Å². The minimum absolute atomic E-state index is 0.773. The van der Waals surface area contributed by atoms with Gasteiger partial charge in [-0.15, -0.1) is 0 Å². The lowest BCUT2D eigenvalue weighted by Crippen LogP contribution is -2.08. The van der Waals surface area contributed by atoms with E-state index in [1.165, 1.54) is 68.1 Å². The highest BCUT2D eigenvalue weighted by Crippen LogP contribution is 2.35. The summed E-state index contributed by atoms with van der Waals surface area (Å²) in [6.45, 7) is 6.06. The van der Waals surface area contributed by atoms with Gasteiger partial charge in [0.25, 0.3) is 0 Å². The molecule has 1 aliphatic carbocycles. The van der Waals surface area contributed by atoms with Crippen LogP contribution < -0.4 is 9.47 Å². The largest absolute Gasteiger partial charge is 0.494 e. The fraction of sp³-hybridized carbons (Fsp3) is 0.593. The maximum atomic E-state index is 5.94. The summed E-state index contributed by atoms with van der Waals surface area (Å²) in [6, 6.07) is 10.7. The second kappa shape index (κ2) is 12.6. The number of rotatable bonds is 14. The molecule has 30 heavy (non-hydrogen) atoms. The van der Waals surface area contributed by atoms with Gasteiger partial charge in [-0.05, 0) is 55.0 Å². The van der Waals surface area contributed by atoms with Crippen LogP contribution in [-0.4, -0.2) is 18.2 Å². The normalized spacial score (nSPS) is 12.3. The predicted octanol–water partition coefficient (Wildman–Crippen LogP) is 7.55. The molecule has 0 aliphatic heterocycles. The third-order valence-corrected chi connectivity index (χ3v) is 5.96. The number of aryl methyl sites for hydroxylation is 2. The molecule has 1 aliphatic rings. The van der Waals surface area contributed by atoms with Crippen LogP contribution in [0.2, 0.25) is 0 Å². The number of benzene rings is 1. The molecule has 0 saturated heterocycles. The molecule has 1 aromatic carbocycles. The molecule has 1 aromatic heterocycles. The van der Waals surface area contributed by atoms with E-state index in [4.69, 9.17) is 14.5 Å². The molecule has 164 valence electrons. The molecule has 0 bridgehead atoms. The number of hydrogen-bond donors (Lipinski definition) is 0. The molecule has 0 spiro atoms. The van der Waals surface area contributed by atoms with Crippen LogP contribution in [0.25, 0.3) is 11.1 Å². The van der Waals surface area contributed by atoms with Gasteiger partial charge in [-0.3, -0.25) is 0 Å². The molecule has 3 nitrogen and oxygen atoms in total. The zero-order chi connectivity index (χ0) is 21.0. The summed E-state index contributed by atoms with van der Waals surface area (Å²) in [4.78, 5) is 4.81. The molecular weight excluding hydrogens is 370 g/mol. The van der Waals surface area contributed by atoms with Crippen LogP contribution in [0.5, 0.6) is 11.6 Å². The Balaban J connectivity index is 1.49. The van der Waals surface area contributed by atoms with Crippen LogP contribution in [-0.2, 0) is 12.8 Å². The summed E-state index contributed by atoms with van der Waals surface area (Å²) in [7, 11) is 0. The Morgan fingerprint density at radius 2 is 1.37 bits per heavy atom. The molecule has 0 amide bonds. The van der Waals surface area contributed by atoms with Gasteiger partial charge in [0.2, 0.25) is 5.88 Å². The fourth-order valence-electron chi connectivity index (χ4n) is 4.16. The zero-order valence-corrected chi connectivity index (χ0v) is 19.0. The van der Waals surface area contributed by atoms with Crippen molar-refractivity contribution in [2.75, 3.05) is 13.2 Å². The van der Waals surface area contributed by atoms with Crippen molar-refractivity contribution in [1.29, 1.82) is 0 Å². The first-order valence-corrected chi connectivity index (χ1v) is 12.2. The topological polar surface area (TPSA) is 31.4 Å². The second-order valence-electron chi connectivity index (χ2n) is 8.49. The van der Waals surface area contributed by atoms with Gasteiger partial charge < -0.3 is 9.47 Å². The van der Waals surface area contributed by atoms with Crippen molar-refractivity contribution < 1.29 is 9.47 Å². The molecule has 0 fully saturated rings. The Morgan fingerprint density at radius 1 is 0.700 bits per heavy atom. The summed E-state index contributed by atoms with van der Waals surface area (Å²) in [5, 5.41) is 0. The second-order valence-corrected chi connectivity index (χ2v) is 8.49. The van der Waals surface area contributed by atoms with Crippen molar-refractivity contribution in [2.45, 2.75) is 90.9 Å². The van der Waals surface area contributed by atoms with Crippen LogP contribution in [0, 0.1) is 0 Å². The fourth-order valence-corrected chi connectivity index (χ4v) is 4.16. The molecular formula is C27H39NO2. The number of ether oxygens (including phenoxy) is 2. The quantitative estimate of drug-likeness (QED) is 0.302. The van der Waals surface area contributed by atoms with Gasteiger partial charge in [-0.25, -0.2) is 4.98 Å². The maximum absolute atomic E-state index is 5.94. The summed E-state index contributed by atoms with van der Waals surface area (Å²) >= 11 is 0. The van der Waals surface area contributed by atoms with Crippen LogP contribution >= 0.6 is 0 Å². The standard InChI is InChI=1S/C27H39NO2/c1-3-5-7-8-9-10-12-20-30-27-18-16-25-24-15-14-23(29-19-11-6-4-2)21-22(24)13-17-26(25)28-27/h14-16,18,21H,3-13,17,19-20H2,1-2H3. The Kier molecular flexibility index (Phi) is 9.53. The van der Waals surface area contributed by atoms with Crippen molar-refractivity contribution in [1.82, 2.24) is 4.98 Å². The van der Waals surface area contributed by atoms with E-state index in [1.54, 1.807) is 0 Å². The molecule has 0 unspecified atom stereocenters. The van der Waals surface area contributed by atoms with Crippen molar-refractivity contribution in [3.63, 3.8) is 0 Å². The van der Waals surface area contributed by atoms with Gasteiger partial charge in [0.15, 0.2) is 0 Å². The summed E-state index contributed by atoms with van der Waals surface area (Å²) in [5.41, 5.74) is 5.07. The number of hydrogen-bond acceptors (Lipinski definition) is 3.